The molecule has 0 saturated carbocycles. The minimum Gasteiger partial charge on any atom is -0.481 e. The second-order valence-electron chi connectivity index (χ2n) is 3.49. The number of urea groups is 1. The Morgan fingerprint density at radius 2 is 1.94 bits per heavy atom. The third-order valence-corrected chi connectivity index (χ3v) is 2.09. The molecule has 0 radical (unpaired) electrons. The zero-order chi connectivity index (χ0) is 12.0. The first-order valence-corrected chi connectivity index (χ1v) is 4.89. The van der Waals surface area contributed by atoms with Gasteiger partial charge in [0.15, 0.2) is 0 Å². The first kappa shape index (κ1) is 12.0. The molecular formula is C11H14N2O3. The van der Waals surface area contributed by atoms with Crippen molar-refractivity contribution in [3.05, 3.63) is 35.9 Å². The average Bonchev–Trinajstić information content (AvgIpc) is 2.16. The molecule has 0 saturated heterocycles. The number of carboxylic acids is 1. The number of carbonyl (C=O) groups excluding carboxylic acids is 1. The van der Waals surface area contributed by atoms with E-state index in [0.717, 1.165) is 5.56 Å². The Hall–Kier alpha value is -2.04. The number of nitrogens with two attached hydrogens (primary N) is 1. The first-order chi connectivity index (χ1) is 7.58. The van der Waals surface area contributed by atoms with Gasteiger partial charge in [0.05, 0.1) is 6.42 Å². The van der Waals surface area contributed by atoms with Gasteiger partial charge in [-0.15, -0.1) is 0 Å². The molecule has 1 rings (SSSR count). The maximum absolute atomic E-state index is 10.7. The lowest BCUT2D eigenvalue weighted by atomic mass is 10.0. The summed E-state index contributed by atoms with van der Waals surface area (Å²) in [6.07, 6.45) is 0.313. The Morgan fingerprint density at radius 3 is 2.44 bits per heavy atom. The lowest BCUT2D eigenvalue weighted by Crippen LogP contribution is -2.41. The van der Waals surface area contributed by atoms with Crippen molar-refractivity contribution < 1.29 is 14.7 Å². The van der Waals surface area contributed by atoms with Crippen LogP contribution in [0, 0.1) is 0 Å². The number of carbonyl (C=O) groups is 2. The van der Waals surface area contributed by atoms with Crippen molar-refractivity contribution in [2.45, 2.75) is 18.9 Å². The van der Waals surface area contributed by atoms with E-state index in [-0.39, 0.29) is 6.42 Å². The molecular weight excluding hydrogens is 208 g/mol. The maximum atomic E-state index is 10.7. The molecule has 0 aliphatic carbocycles. The van der Waals surface area contributed by atoms with E-state index in [2.05, 4.69) is 5.32 Å². The summed E-state index contributed by atoms with van der Waals surface area (Å²) in [6.45, 7) is 0. The summed E-state index contributed by atoms with van der Waals surface area (Å²) in [4.78, 5) is 21.3. The SMILES string of the molecule is NC(=O)N[C@H](CC(=O)O)Cc1ccccc1. The van der Waals surface area contributed by atoms with E-state index in [1.807, 2.05) is 30.3 Å². The monoisotopic (exact) mass is 222 g/mol. The van der Waals surface area contributed by atoms with Gasteiger partial charge >= 0.3 is 12.0 Å². The Kier molecular flexibility index (Phi) is 4.32. The van der Waals surface area contributed by atoms with Crippen LogP contribution in [0.4, 0.5) is 4.79 Å². The van der Waals surface area contributed by atoms with Crippen molar-refractivity contribution in [2.24, 2.45) is 5.73 Å². The van der Waals surface area contributed by atoms with Crippen LogP contribution in [-0.2, 0) is 11.2 Å². The molecule has 0 bridgehead atoms. The van der Waals surface area contributed by atoms with Crippen molar-refractivity contribution in [3.8, 4) is 0 Å². The molecule has 0 aliphatic rings. The third kappa shape index (κ3) is 4.45. The van der Waals surface area contributed by atoms with Crippen molar-refractivity contribution in [1.82, 2.24) is 5.32 Å². The maximum Gasteiger partial charge on any atom is 0.312 e. The summed E-state index contributed by atoms with van der Waals surface area (Å²) < 4.78 is 0. The van der Waals surface area contributed by atoms with Crippen LogP contribution in [0.5, 0.6) is 0 Å². The van der Waals surface area contributed by atoms with Crippen LogP contribution >= 0.6 is 0 Å². The van der Waals surface area contributed by atoms with E-state index in [0.29, 0.717) is 6.42 Å². The molecule has 0 unspecified atom stereocenters. The van der Waals surface area contributed by atoms with Gasteiger partial charge in [-0.25, -0.2) is 4.79 Å². The molecule has 1 aromatic rings. The number of hydrogen-bond acceptors (Lipinski definition) is 2. The minimum absolute atomic E-state index is 0.141. The van der Waals surface area contributed by atoms with E-state index in [1.165, 1.54) is 0 Å². The number of benzene rings is 1. The number of aliphatic carboxylic acids is 1. The van der Waals surface area contributed by atoms with Crippen molar-refractivity contribution in [1.29, 1.82) is 0 Å². The Bertz CT molecular complexity index is 349. The summed E-state index contributed by atoms with van der Waals surface area (Å²) in [7, 11) is 0. The van der Waals surface area contributed by atoms with E-state index in [9.17, 15) is 9.59 Å². The van der Waals surface area contributed by atoms with Gasteiger partial charge in [0.1, 0.15) is 0 Å². The standard InChI is InChI=1S/C11H14N2O3/c12-11(16)13-9(7-10(14)15)6-8-4-2-1-3-5-8/h1-5,9H,6-7H2,(H,14,15)(H3,12,13,16)/t9-/m0/s1. The molecule has 16 heavy (non-hydrogen) atoms. The highest BCUT2D eigenvalue weighted by molar-refractivity contribution is 5.74. The fourth-order valence-electron chi connectivity index (χ4n) is 1.48. The summed E-state index contributed by atoms with van der Waals surface area (Å²) in [6, 6.07) is 8.15. The minimum atomic E-state index is -0.963. The highest BCUT2D eigenvalue weighted by atomic mass is 16.4. The summed E-state index contributed by atoms with van der Waals surface area (Å²) in [5.74, 6) is -0.963. The number of hydrogen-bond donors (Lipinski definition) is 3. The van der Waals surface area contributed by atoms with Crippen LogP contribution < -0.4 is 11.1 Å². The van der Waals surface area contributed by atoms with Gasteiger partial charge in [0.2, 0.25) is 0 Å². The molecule has 0 fully saturated rings. The fourth-order valence-corrected chi connectivity index (χ4v) is 1.48. The molecule has 86 valence electrons. The van der Waals surface area contributed by atoms with Crippen LogP contribution in [-0.4, -0.2) is 23.1 Å². The smallest absolute Gasteiger partial charge is 0.312 e. The van der Waals surface area contributed by atoms with E-state index in [4.69, 9.17) is 10.8 Å². The summed E-state index contributed by atoms with van der Waals surface area (Å²) in [5.41, 5.74) is 5.94. The van der Waals surface area contributed by atoms with Crippen LogP contribution in [0.3, 0.4) is 0 Å². The van der Waals surface area contributed by atoms with Gasteiger partial charge in [-0.2, -0.15) is 0 Å². The van der Waals surface area contributed by atoms with E-state index < -0.39 is 18.0 Å². The molecule has 0 aliphatic heterocycles. The lowest BCUT2D eigenvalue weighted by Gasteiger charge is -2.15. The molecule has 0 spiro atoms. The molecule has 1 atom stereocenters. The van der Waals surface area contributed by atoms with Crippen LogP contribution in [0.1, 0.15) is 12.0 Å². The molecule has 1 aromatic carbocycles. The lowest BCUT2D eigenvalue weighted by molar-refractivity contribution is -0.137. The zero-order valence-electron chi connectivity index (χ0n) is 8.72. The highest BCUT2D eigenvalue weighted by Gasteiger charge is 2.14. The summed E-state index contributed by atoms with van der Waals surface area (Å²) >= 11 is 0. The fraction of sp³-hybridized carbons (Fsp3) is 0.273. The molecule has 5 nitrogen and oxygen atoms in total. The van der Waals surface area contributed by atoms with Crippen LogP contribution in [0.25, 0.3) is 0 Å². The topological polar surface area (TPSA) is 92.4 Å². The largest absolute Gasteiger partial charge is 0.481 e. The molecule has 2 amide bonds. The summed E-state index contributed by atoms with van der Waals surface area (Å²) in [5, 5.41) is 11.1. The molecule has 0 aromatic heterocycles. The molecule has 5 heteroatoms. The quantitative estimate of drug-likeness (QED) is 0.686. The zero-order valence-corrected chi connectivity index (χ0v) is 8.72. The van der Waals surface area contributed by atoms with Gasteiger partial charge < -0.3 is 16.2 Å². The van der Waals surface area contributed by atoms with Gasteiger partial charge in [-0.3, -0.25) is 4.79 Å². The van der Waals surface area contributed by atoms with Crippen molar-refractivity contribution >= 4 is 12.0 Å². The molecule has 4 N–H and O–H groups in total. The Labute approximate surface area is 93.3 Å². The van der Waals surface area contributed by atoms with Crippen LogP contribution in [0.15, 0.2) is 30.3 Å². The van der Waals surface area contributed by atoms with Crippen molar-refractivity contribution in [3.63, 3.8) is 0 Å². The van der Waals surface area contributed by atoms with E-state index >= 15 is 0 Å². The van der Waals surface area contributed by atoms with Crippen LogP contribution in [0.2, 0.25) is 0 Å². The van der Waals surface area contributed by atoms with Crippen molar-refractivity contribution in [2.75, 3.05) is 0 Å². The Morgan fingerprint density at radius 1 is 1.31 bits per heavy atom. The predicted molar refractivity (Wildman–Crippen MR) is 58.9 cm³/mol. The average molecular weight is 222 g/mol. The third-order valence-electron chi connectivity index (χ3n) is 2.09. The first-order valence-electron chi connectivity index (χ1n) is 4.89. The predicted octanol–water partition coefficient (Wildman–Crippen LogP) is 0.741. The van der Waals surface area contributed by atoms with Gasteiger partial charge in [-0.05, 0) is 12.0 Å². The van der Waals surface area contributed by atoms with E-state index in [1.54, 1.807) is 0 Å². The number of amides is 2. The number of nitrogens with one attached hydrogen (secondary N) is 1. The molecule has 0 heterocycles. The normalized spacial score (nSPS) is 11.8. The second kappa shape index (κ2) is 5.75. The second-order valence-corrected chi connectivity index (χ2v) is 3.49. The van der Waals surface area contributed by atoms with Gasteiger partial charge in [0.25, 0.3) is 0 Å². The Balaban J connectivity index is 2.63. The number of carboxylic acid groups (broad SMARTS) is 1. The number of primary amides is 1. The van der Waals surface area contributed by atoms with Gasteiger partial charge in [-0.1, -0.05) is 30.3 Å². The van der Waals surface area contributed by atoms with Gasteiger partial charge in [0, 0.05) is 6.04 Å². The number of rotatable bonds is 5. The highest BCUT2D eigenvalue weighted by Crippen LogP contribution is 2.05.